The molecule has 3 aromatic heterocycles. The Balaban J connectivity index is 1.27. The van der Waals surface area contributed by atoms with Gasteiger partial charge in [0.05, 0.1) is 5.69 Å². The Kier molecular flexibility index (Phi) is 4.99. The van der Waals surface area contributed by atoms with Gasteiger partial charge in [-0.2, -0.15) is 5.10 Å². The maximum atomic E-state index is 15.0. The summed E-state index contributed by atoms with van der Waals surface area (Å²) in [5, 5.41) is 13.0. The van der Waals surface area contributed by atoms with Crippen LogP contribution in [0.5, 0.6) is 0 Å². The SMILES string of the molecule is CC(C)NC(=O)O[C@@H]1CC[C@H](c2cc(Nc3nccc4nc(C5CC5)cn34)n[nH]2)[C@H]1F. The van der Waals surface area contributed by atoms with E-state index in [1.807, 2.05) is 30.5 Å². The first-order valence-corrected chi connectivity index (χ1v) is 10.8. The van der Waals surface area contributed by atoms with Crippen molar-refractivity contribution in [3.05, 3.63) is 35.9 Å². The fourth-order valence-corrected chi connectivity index (χ4v) is 4.09. The molecule has 2 aliphatic rings. The summed E-state index contributed by atoms with van der Waals surface area (Å²) in [5.41, 5.74) is 2.58. The van der Waals surface area contributed by atoms with E-state index in [-0.39, 0.29) is 6.04 Å². The van der Waals surface area contributed by atoms with Gasteiger partial charge in [0, 0.05) is 42.0 Å². The Labute approximate surface area is 178 Å². The van der Waals surface area contributed by atoms with E-state index in [0.717, 1.165) is 11.3 Å². The number of alkyl carbamates (subject to hydrolysis) is 1. The van der Waals surface area contributed by atoms with Crippen LogP contribution in [-0.2, 0) is 4.74 Å². The van der Waals surface area contributed by atoms with E-state index in [0.29, 0.717) is 36.2 Å². The fraction of sp³-hybridized carbons (Fsp3) is 0.524. The zero-order chi connectivity index (χ0) is 21.5. The van der Waals surface area contributed by atoms with Crippen LogP contribution in [0.25, 0.3) is 5.65 Å². The van der Waals surface area contributed by atoms with E-state index in [4.69, 9.17) is 4.74 Å². The normalized spacial score (nSPS) is 23.4. The second-order valence-electron chi connectivity index (χ2n) is 8.64. The van der Waals surface area contributed by atoms with Crippen molar-refractivity contribution in [2.24, 2.45) is 0 Å². The van der Waals surface area contributed by atoms with Crippen LogP contribution in [0.2, 0.25) is 0 Å². The molecule has 0 radical (unpaired) electrons. The molecule has 0 bridgehead atoms. The Morgan fingerprint density at radius 3 is 2.94 bits per heavy atom. The van der Waals surface area contributed by atoms with Crippen LogP contribution in [0, 0.1) is 0 Å². The molecule has 2 aliphatic carbocycles. The second-order valence-corrected chi connectivity index (χ2v) is 8.64. The molecular weight excluding hydrogens is 401 g/mol. The lowest BCUT2D eigenvalue weighted by molar-refractivity contribution is 0.0555. The number of nitrogens with one attached hydrogen (secondary N) is 3. The maximum Gasteiger partial charge on any atom is 0.407 e. The van der Waals surface area contributed by atoms with Crippen molar-refractivity contribution in [2.75, 3.05) is 5.32 Å². The number of alkyl halides is 1. The molecule has 3 aromatic rings. The van der Waals surface area contributed by atoms with Crippen molar-refractivity contribution in [1.82, 2.24) is 29.9 Å². The Hall–Kier alpha value is -3.17. The van der Waals surface area contributed by atoms with E-state index in [1.54, 1.807) is 12.3 Å². The number of amides is 1. The predicted molar refractivity (Wildman–Crippen MR) is 112 cm³/mol. The van der Waals surface area contributed by atoms with E-state index in [9.17, 15) is 9.18 Å². The summed E-state index contributed by atoms with van der Waals surface area (Å²) in [7, 11) is 0. The van der Waals surface area contributed by atoms with Crippen LogP contribution in [0.3, 0.4) is 0 Å². The number of halogens is 1. The first-order chi connectivity index (χ1) is 15.0. The van der Waals surface area contributed by atoms with Crippen LogP contribution in [0.15, 0.2) is 24.5 Å². The number of nitrogens with zero attached hydrogens (tertiary/aromatic N) is 4. The van der Waals surface area contributed by atoms with Crippen LogP contribution >= 0.6 is 0 Å². The van der Waals surface area contributed by atoms with Crippen molar-refractivity contribution in [3.8, 4) is 0 Å². The molecule has 0 unspecified atom stereocenters. The largest absolute Gasteiger partial charge is 0.443 e. The average molecular weight is 427 g/mol. The van der Waals surface area contributed by atoms with Gasteiger partial charge in [-0.15, -0.1) is 0 Å². The number of anilines is 2. The van der Waals surface area contributed by atoms with E-state index in [1.165, 1.54) is 12.8 Å². The third-order valence-electron chi connectivity index (χ3n) is 5.80. The zero-order valence-electron chi connectivity index (χ0n) is 17.5. The van der Waals surface area contributed by atoms with Gasteiger partial charge in [0.1, 0.15) is 17.9 Å². The number of hydrogen-bond donors (Lipinski definition) is 3. The lowest BCUT2D eigenvalue weighted by Crippen LogP contribution is -2.36. The summed E-state index contributed by atoms with van der Waals surface area (Å²) >= 11 is 0. The molecule has 0 aromatic carbocycles. The van der Waals surface area contributed by atoms with Crippen molar-refractivity contribution >= 4 is 23.5 Å². The van der Waals surface area contributed by atoms with Crippen molar-refractivity contribution in [2.45, 2.75) is 69.7 Å². The van der Waals surface area contributed by atoms with Crippen LogP contribution < -0.4 is 10.6 Å². The van der Waals surface area contributed by atoms with Crippen LogP contribution in [0.1, 0.15) is 62.8 Å². The molecule has 2 fully saturated rings. The highest BCUT2D eigenvalue weighted by Crippen LogP contribution is 2.40. The smallest absolute Gasteiger partial charge is 0.407 e. The van der Waals surface area contributed by atoms with Gasteiger partial charge < -0.3 is 15.4 Å². The number of H-pyrrole nitrogens is 1. The minimum atomic E-state index is -1.29. The summed E-state index contributed by atoms with van der Waals surface area (Å²) in [4.78, 5) is 20.9. The number of carbonyl (C=O) groups excluding carboxylic acids is 1. The average Bonchev–Trinajstić information content (AvgIpc) is 3.14. The molecule has 0 aliphatic heterocycles. The molecule has 0 spiro atoms. The number of ether oxygens (including phenoxy) is 1. The zero-order valence-corrected chi connectivity index (χ0v) is 17.5. The highest BCUT2D eigenvalue weighted by molar-refractivity contribution is 5.67. The highest BCUT2D eigenvalue weighted by Gasteiger charge is 2.41. The molecule has 5 rings (SSSR count). The maximum absolute atomic E-state index is 15.0. The predicted octanol–water partition coefficient (Wildman–Crippen LogP) is 3.79. The lowest BCUT2D eigenvalue weighted by Gasteiger charge is -2.18. The molecule has 3 heterocycles. The molecule has 31 heavy (non-hydrogen) atoms. The number of aromatic amines is 1. The third-order valence-corrected chi connectivity index (χ3v) is 5.80. The second kappa shape index (κ2) is 7.82. The van der Waals surface area contributed by atoms with Crippen molar-refractivity contribution < 1.29 is 13.9 Å². The quantitative estimate of drug-likeness (QED) is 0.552. The topological polar surface area (TPSA) is 109 Å². The molecule has 2 saturated carbocycles. The molecule has 3 N–H and O–H groups in total. The van der Waals surface area contributed by atoms with Gasteiger partial charge in [0.15, 0.2) is 5.82 Å². The number of imidazole rings is 1. The van der Waals surface area contributed by atoms with Gasteiger partial charge in [-0.05, 0) is 45.6 Å². The van der Waals surface area contributed by atoms with E-state index < -0.39 is 24.3 Å². The molecule has 10 heteroatoms. The number of rotatable bonds is 6. The Morgan fingerprint density at radius 1 is 1.32 bits per heavy atom. The van der Waals surface area contributed by atoms with Gasteiger partial charge in [0.2, 0.25) is 5.95 Å². The van der Waals surface area contributed by atoms with Crippen LogP contribution in [-0.4, -0.2) is 49.0 Å². The number of hydrogen-bond acceptors (Lipinski definition) is 6. The van der Waals surface area contributed by atoms with Gasteiger partial charge in [-0.3, -0.25) is 9.50 Å². The van der Waals surface area contributed by atoms with E-state index >= 15 is 0 Å². The summed E-state index contributed by atoms with van der Waals surface area (Å²) in [5.74, 6) is 1.29. The molecule has 0 saturated heterocycles. The standard InChI is InChI=1S/C21H26FN7O2/c1-11(2)24-21(30)31-16-6-5-13(19(16)22)14-9-17(28-27-14)26-20-23-8-7-18-25-15(10-29(18)20)12-3-4-12/h7-13,16,19H,3-6H2,1-2H3,(H,24,30)(H2,23,26,27,28)/t13-,16-,19-/m1/s1. The van der Waals surface area contributed by atoms with Crippen molar-refractivity contribution in [3.63, 3.8) is 0 Å². The molecule has 9 nitrogen and oxygen atoms in total. The monoisotopic (exact) mass is 427 g/mol. The highest BCUT2D eigenvalue weighted by atomic mass is 19.1. The first-order valence-electron chi connectivity index (χ1n) is 10.8. The van der Waals surface area contributed by atoms with Gasteiger partial charge in [0.25, 0.3) is 0 Å². The third kappa shape index (κ3) is 4.06. The minimum absolute atomic E-state index is 0.0575. The molecule has 3 atom stereocenters. The number of carbonyl (C=O) groups is 1. The van der Waals surface area contributed by atoms with Gasteiger partial charge >= 0.3 is 6.09 Å². The summed E-state index contributed by atoms with van der Waals surface area (Å²) in [6.07, 6.45) is 4.48. The van der Waals surface area contributed by atoms with E-state index in [2.05, 4.69) is 30.8 Å². The lowest BCUT2D eigenvalue weighted by atomic mass is 10.0. The number of fused-ring (bicyclic) bond motifs is 1. The molecular formula is C21H26FN7O2. The number of aromatic nitrogens is 5. The fourth-order valence-electron chi connectivity index (χ4n) is 4.09. The van der Waals surface area contributed by atoms with Gasteiger partial charge in [-0.1, -0.05) is 0 Å². The molecule has 1 amide bonds. The summed E-state index contributed by atoms with van der Waals surface area (Å²) in [6, 6.07) is 3.60. The minimum Gasteiger partial charge on any atom is -0.443 e. The summed E-state index contributed by atoms with van der Waals surface area (Å²) < 4.78 is 22.1. The Bertz CT molecular complexity index is 1090. The molecule has 164 valence electrons. The summed E-state index contributed by atoms with van der Waals surface area (Å²) in [6.45, 7) is 3.66. The van der Waals surface area contributed by atoms with Crippen LogP contribution in [0.4, 0.5) is 21.0 Å². The Morgan fingerprint density at radius 2 is 2.16 bits per heavy atom. The first kappa shape index (κ1) is 19.8. The van der Waals surface area contributed by atoms with Gasteiger partial charge in [-0.25, -0.2) is 19.2 Å². The van der Waals surface area contributed by atoms with Crippen molar-refractivity contribution in [1.29, 1.82) is 0 Å².